The highest BCUT2D eigenvalue weighted by atomic mass is 15.0. The molecule has 16 aromatic rings. The number of para-hydroxylation sites is 2. The monoisotopic (exact) mass is 1520 g/mol. The summed E-state index contributed by atoms with van der Waals surface area (Å²) in [5, 5.41) is 11.3. The molecule has 0 amide bonds. The molecule has 20 rings (SSSR count). The predicted octanol–water partition coefficient (Wildman–Crippen LogP) is 33.7. The summed E-state index contributed by atoms with van der Waals surface area (Å²) >= 11 is 0. The van der Waals surface area contributed by atoms with Gasteiger partial charge in [0.1, 0.15) is 0 Å². The van der Waals surface area contributed by atoms with E-state index in [1.165, 1.54) is 198 Å². The van der Waals surface area contributed by atoms with Crippen molar-refractivity contribution in [2.24, 2.45) is 0 Å². The largest absolute Gasteiger partial charge is 0.341 e. The van der Waals surface area contributed by atoms with Crippen molar-refractivity contribution in [2.45, 2.75) is 259 Å². The molecule has 114 heavy (non-hydrogen) atoms. The molecule has 0 bridgehead atoms. The van der Waals surface area contributed by atoms with Crippen LogP contribution in [0.3, 0.4) is 0 Å². The minimum atomic E-state index is 0.901. The summed E-state index contributed by atoms with van der Waals surface area (Å²) < 4.78 is 10.2. The second kappa shape index (κ2) is 43.9. The molecule has 0 spiro atoms. The average Bonchev–Trinajstić information content (AvgIpc) is 1.58. The van der Waals surface area contributed by atoms with Crippen LogP contribution in [0.15, 0.2) is 218 Å². The maximum atomic E-state index is 2.57. The molecule has 0 saturated carbocycles. The van der Waals surface area contributed by atoms with Crippen LogP contribution < -0.4 is 0 Å². The van der Waals surface area contributed by atoms with Gasteiger partial charge < -0.3 is 18.3 Å². The van der Waals surface area contributed by atoms with E-state index >= 15 is 0 Å². The molecule has 0 unspecified atom stereocenters. The molecule has 4 heteroatoms. The Balaban J connectivity index is 0.000000251. The molecule has 4 heterocycles. The molecule has 0 N–H and O–H groups in total. The Morgan fingerprint density at radius 3 is 0.860 bits per heavy atom. The maximum absolute atomic E-state index is 2.57. The lowest BCUT2D eigenvalue weighted by Gasteiger charge is -2.11. The lowest BCUT2D eigenvalue weighted by atomic mass is 9.93. The van der Waals surface area contributed by atoms with Gasteiger partial charge in [-0.2, -0.15) is 0 Å². The number of nitrogens with zero attached hydrogens (tertiary/aromatic N) is 4. The van der Waals surface area contributed by atoms with Crippen LogP contribution in [-0.2, 0) is 64.7 Å². The minimum absolute atomic E-state index is 0.901. The Bertz CT molecular complexity index is 5790. The summed E-state index contributed by atoms with van der Waals surface area (Å²) in [5.41, 5.74) is 39.5. The molecule has 4 aliphatic carbocycles. The van der Waals surface area contributed by atoms with Gasteiger partial charge in [-0.1, -0.05) is 342 Å². The summed E-state index contributed by atoms with van der Waals surface area (Å²) in [6, 6.07) is 83.2. The molecule has 0 fully saturated rings. The van der Waals surface area contributed by atoms with Crippen molar-refractivity contribution in [1.29, 1.82) is 0 Å². The highest BCUT2D eigenvalue weighted by Crippen LogP contribution is 2.51. The van der Waals surface area contributed by atoms with Crippen LogP contribution in [0.25, 0.3) is 132 Å². The SMILES string of the molecule is CC.CC.CC.CC.CC.CC.CC.CC.CC.CC.CC.CC.CCn1c2ccc(Cc3cccc4c5c6c(ccc5n(CC)c34)Cc3ccccc3-6)cc2c2c3c(ccc21)Cc1ccccc1-3.CCn1c2cccc(Cc3cccc4c5c6c(ccc5n(CC)c34)Cc3ccccc3-6)c2c2c3c(ccc21)Cc1ccccc1-3. The van der Waals surface area contributed by atoms with Gasteiger partial charge in [-0.25, -0.2) is 0 Å². The number of aryl methyl sites for hydroxylation is 4. The van der Waals surface area contributed by atoms with E-state index in [1.54, 1.807) is 0 Å². The molecule has 4 aromatic heterocycles. The number of hydrogen-bond donors (Lipinski definition) is 0. The first-order valence-electron chi connectivity index (χ1n) is 45.0. The zero-order chi connectivity index (χ0) is 83.6. The van der Waals surface area contributed by atoms with Crippen molar-refractivity contribution in [3.63, 3.8) is 0 Å². The van der Waals surface area contributed by atoms with Gasteiger partial charge in [0, 0.05) is 109 Å². The van der Waals surface area contributed by atoms with E-state index in [4.69, 9.17) is 0 Å². The van der Waals surface area contributed by atoms with Crippen LogP contribution in [0.4, 0.5) is 0 Å². The van der Waals surface area contributed by atoms with Gasteiger partial charge in [0.05, 0.1) is 11.0 Å². The summed E-state index contributed by atoms with van der Waals surface area (Å²) in [6.07, 6.45) is 5.91. The quantitative estimate of drug-likeness (QED) is 0.144. The fourth-order valence-electron chi connectivity index (χ4n) is 18.0. The Kier molecular flexibility index (Phi) is 35.1. The molecule has 4 aliphatic rings. The van der Waals surface area contributed by atoms with E-state index in [0.29, 0.717) is 0 Å². The summed E-state index contributed by atoms with van der Waals surface area (Å²) in [7, 11) is 0. The third kappa shape index (κ3) is 16.2. The van der Waals surface area contributed by atoms with Gasteiger partial charge in [-0.15, -0.1) is 0 Å². The standard InChI is InChI=1S/2C43H34N2.12C2H6/c1-3-44-35-18-10-13-28(40(35)42-37(44)22-20-30-24-27-12-6-8-16-33(27)39(30)42)25-31-14-9-17-34-41-36(45(4-2)43(31)34)21-19-29-23-26-11-5-7-15-32(26)38(29)41;1-3-44-36-19-16-26(23-35(36)42-37(44)20-17-30-25-28-11-6-8-14-33(28)40(30)42)22-31-12-9-15-34-41-38(45(4-2)43(31)34)21-18-29-24-27-10-5-7-13-32(27)39(29)41;12*1-2/h5-22H,3-4,23-25H2,1-2H3;5-21,23H,3-4,22,24-25H2,1-2H3;12*1-2H3. The predicted molar refractivity (Wildman–Crippen MR) is 515 cm³/mol. The summed E-state index contributed by atoms with van der Waals surface area (Å²) in [4.78, 5) is 0. The van der Waals surface area contributed by atoms with Gasteiger partial charge in [0.15, 0.2) is 0 Å². The minimum Gasteiger partial charge on any atom is -0.341 e. The van der Waals surface area contributed by atoms with E-state index in [0.717, 1.165) is 64.7 Å². The number of benzene rings is 12. The highest BCUT2D eigenvalue weighted by molar-refractivity contribution is 6.21. The molecule has 12 aromatic carbocycles. The first kappa shape index (κ1) is 91.0. The van der Waals surface area contributed by atoms with Gasteiger partial charge in [0.25, 0.3) is 0 Å². The normalized spacial score (nSPS) is 11.1. The Hall–Kier alpha value is -10.2. The van der Waals surface area contributed by atoms with Crippen LogP contribution in [-0.4, -0.2) is 18.3 Å². The third-order valence-corrected chi connectivity index (χ3v) is 21.6. The van der Waals surface area contributed by atoms with Crippen LogP contribution in [0.2, 0.25) is 0 Å². The number of fused-ring (bicyclic) bond motifs is 28. The molecule has 600 valence electrons. The fourth-order valence-corrected chi connectivity index (χ4v) is 18.0. The zero-order valence-electron chi connectivity index (χ0n) is 75.6. The Morgan fingerprint density at radius 1 is 0.211 bits per heavy atom. The number of aromatic nitrogens is 4. The summed E-state index contributed by atoms with van der Waals surface area (Å²) in [5.74, 6) is 0. The van der Waals surface area contributed by atoms with Gasteiger partial charge in [-0.05, 0) is 214 Å². The number of rotatable bonds is 8. The highest BCUT2D eigenvalue weighted by Gasteiger charge is 2.30. The third-order valence-electron chi connectivity index (χ3n) is 21.6. The molecule has 4 nitrogen and oxygen atoms in total. The van der Waals surface area contributed by atoms with Crippen molar-refractivity contribution >= 4 is 87.2 Å². The van der Waals surface area contributed by atoms with Gasteiger partial charge in [-0.3, -0.25) is 0 Å². The van der Waals surface area contributed by atoms with E-state index in [2.05, 4.69) is 264 Å². The lowest BCUT2D eigenvalue weighted by molar-refractivity contribution is 0.822. The van der Waals surface area contributed by atoms with E-state index in [-0.39, 0.29) is 0 Å². The molecule has 0 atom stereocenters. The molecular formula is C110H140N4. The molecule has 0 aliphatic heterocycles. The van der Waals surface area contributed by atoms with Crippen LogP contribution in [0.5, 0.6) is 0 Å². The molecule has 0 saturated heterocycles. The van der Waals surface area contributed by atoms with Crippen LogP contribution in [0.1, 0.15) is 261 Å². The molecule has 0 radical (unpaired) electrons. The maximum Gasteiger partial charge on any atom is 0.0527 e. The van der Waals surface area contributed by atoms with Crippen LogP contribution in [0, 0.1) is 0 Å². The molecular weight excluding hydrogens is 1380 g/mol. The van der Waals surface area contributed by atoms with E-state index < -0.39 is 0 Å². The van der Waals surface area contributed by atoms with E-state index in [1.807, 2.05) is 166 Å². The fraction of sp³-hybridized carbons (Fsp3) is 0.345. The first-order valence-corrected chi connectivity index (χ1v) is 45.0. The smallest absolute Gasteiger partial charge is 0.0527 e. The topological polar surface area (TPSA) is 19.7 Å². The Labute approximate surface area is 689 Å². The summed E-state index contributed by atoms with van der Waals surface area (Å²) in [6.45, 7) is 61.0. The average molecular weight is 1520 g/mol. The van der Waals surface area contributed by atoms with Crippen molar-refractivity contribution < 1.29 is 0 Å². The van der Waals surface area contributed by atoms with Gasteiger partial charge >= 0.3 is 0 Å². The first-order chi connectivity index (χ1) is 56.5. The van der Waals surface area contributed by atoms with Crippen LogP contribution >= 0.6 is 0 Å². The van der Waals surface area contributed by atoms with Crippen molar-refractivity contribution in [1.82, 2.24) is 18.3 Å². The van der Waals surface area contributed by atoms with Gasteiger partial charge in [0.2, 0.25) is 0 Å². The zero-order valence-corrected chi connectivity index (χ0v) is 75.6. The number of hydrogen-bond acceptors (Lipinski definition) is 0. The second-order valence-electron chi connectivity index (χ2n) is 25.9. The van der Waals surface area contributed by atoms with Crippen molar-refractivity contribution in [3.05, 3.63) is 285 Å². The lowest BCUT2D eigenvalue weighted by Crippen LogP contribution is -1.99. The van der Waals surface area contributed by atoms with Crippen molar-refractivity contribution in [3.8, 4) is 44.5 Å². The Morgan fingerprint density at radius 2 is 0.491 bits per heavy atom. The van der Waals surface area contributed by atoms with E-state index in [9.17, 15) is 0 Å². The second-order valence-corrected chi connectivity index (χ2v) is 25.9. The van der Waals surface area contributed by atoms with Crippen molar-refractivity contribution in [2.75, 3.05) is 0 Å².